The predicted molar refractivity (Wildman–Crippen MR) is 91.2 cm³/mol. The third-order valence-corrected chi connectivity index (χ3v) is 5.27. The molecule has 0 fully saturated rings. The number of anilines is 1. The topological polar surface area (TPSA) is 29.1 Å². The number of benzene rings is 2. The summed E-state index contributed by atoms with van der Waals surface area (Å²) in [5.74, 6) is -0.573. The summed E-state index contributed by atoms with van der Waals surface area (Å²) in [7, 11) is 0. The number of halogens is 5. The molecule has 0 aliphatic heterocycles. The van der Waals surface area contributed by atoms with Gasteiger partial charge in [-0.1, -0.05) is 41.4 Å². The van der Waals surface area contributed by atoms with E-state index < -0.39 is 22.7 Å². The van der Waals surface area contributed by atoms with E-state index in [0.29, 0.717) is 0 Å². The van der Waals surface area contributed by atoms with Crippen molar-refractivity contribution in [3.63, 3.8) is 0 Å². The zero-order chi connectivity index (χ0) is 17.5. The molecule has 0 aliphatic rings. The second-order valence-corrected chi connectivity index (χ2v) is 6.73. The van der Waals surface area contributed by atoms with Crippen molar-refractivity contribution in [2.24, 2.45) is 0 Å². The Labute approximate surface area is 148 Å². The molecule has 8 heteroatoms. The third-order valence-electron chi connectivity index (χ3n) is 3.27. The number of amides is 1. The summed E-state index contributed by atoms with van der Waals surface area (Å²) in [5.41, 5.74) is -1.02. The molecule has 3 rings (SSSR count). The molecule has 1 heterocycles. The van der Waals surface area contributed by atoms with E-state index in [2.05, 4.69) is 5.32 Å². The predicted octanol–water partition coefficient (Wildman–Crippen LogP) is 6.48. The van der Waals surface area contributed by atoms with Gasteiger partial charge in [0, 0.05) is 15.8 Å². The Morgan fingerprint density at radius 3 is 2.46 bits per heavy atom. The van der Waals surface area contributed by atoms with Crippen LogP contribution in [0.25, 0.3) is 10.1 Å². The monoisotopic (exact) mass is 389 g/mol. The summed E-state index contributed by atoms with van der Waals surface area (Å²) in [6.07, 6.45) is -4.60. The number of carbonyl (C=O) groups excluding carboxylic acids is 1. The van der Waals surface area contributed by atoms with Gasteiger partial charge in [-0.25, -0.2) is 0 Å². The Morgan fingerprint density at radius 1 is 1.08 bits per heavy atom. The Morgan fingerprint density at radius 2 is 1.79 bits per heavy atom. The van der Waals surface area contributed by atoms with E-state index in [1.165, 1.54) is 17.4 Å². The van der Waals surface area contributed by atoms with Gasteiger partial charge in [-0.05, 0) is 24.3 Å². The Kier molecular flexibility index (Phi) is 4.46. The molecule has 0 aliphatic carbocycles. The number of hydrogen-bond acceptors (Lipinski definition) is 2. The normalized spacial score (nSPS) is 11.7. The number of rotatable bonds is 2. The summed E-state index contributed by atoms with van der Waals surface area (Å²) in [5, 5.41) is 3.00. The van der Waals surface area contributed by atoms with Gasteiger partial charge in [-0.2, -0.15) is 13.2 Å². The second-order valence-electron chi connectivity index (χ2n) is 4.89. The van der Waals surface area contributed by atoms with E-state index in [0.717, 1.165) is 22.2 Å². The quantitative estimate of drug-likeness (QED) is 0.533. The smallest absolute Gasteiger partial charge is 0.321 e. The molecule has 0 saturated carbocycles. The van der Waals surface area contributed by atoms with E-state index in [1.807, 2.05) is 12.1 Å². The Bertz CT molecular complexity index is 937. The van der Waals surface area contributed by atoms with Crippen LogP contribution in [-0.4, -0.2) is 5.91 Å². The molecule has 2 nitrogen and oxygen atoms in total. The maximum Gasteiger partial charge on any atom is 0.417 e. The molecule has 0 radical (unpaired) electrons. The van der Waals surface area contributed by atoms with Crippen LogP contribution in [0.15, 0.2) is 42.5 Å². The SMILES string of the molecule is O=C(Nc1ccc(Cl)c(C(F)(F)F)c1)c1sc2ccccc2c1Cl. The molecule has 1 aromatic heterocycles. The first-order valence-corrected chi connectivity index (χ1v) is 8.20. The highest BCUT2D eigenvalue weighted by Gasteiger charge is 2.33. The van der Waals surface area contributed by atoms with Gasteiger partial charge < -0.3 is 5.32 Å². The molecule has 0 saturated heterocycles. The molecule has 24 heavy (non-hydrogen) atoms. The fourth-order valence-electron chi connectivity index (χ4n) is 2.17. The molecule has 0 atom stereocenters. The molecule has 2 aromatic carbocycles. The summed E-state index contributed by atoms with van der Waals surface area (Å²) >= 11 is 12.9. The van der Waals surface area contributed by atoms with Crippen molar-refractivity contribution >= 4 is 56.2 Å². The maximum absolute atomic E-state index is 12.9. The van der Waals surface area contributed by atoms with Gasteiger partial charge in [0.05, 0.1) is 15.6 Å². The van der Waals surface area contributed by atoms with E-state index in [-0.39, 0.29) is 15.6 Å². The average molecular weight is 390 g/mol. The molecule has 1 amide bonds. The molecule has 0 spiro atoms. The van der Waals surface area contributed by atoms with Crippen molar-refractivity contribution < 1.29 is 18.0 Å². The van der Waals surface area contributed by atoms with Crippen LogP contribution < -0.4 is 5.32 Å². The summed E-state index contributed by atoms with van der Waals surface area (Å²) in [6.45, 7) is 0. The highest BCUT2D eigenvalue weighted by Crippen LogP contribution is 2.38. The fraction of sp³-hybridized carbons (Fsp3) is 0.0625. The maximum atomic E-state index is 12.9. The van der Waals surface area contributed by atoms with E-state index >= 15 is 0 Å². The van der Waals surface area contributed by atoms with E-state index in [4.69, 9.17) is 23.2 Å². The minimum Gasteiger partial charge on any atom is -0.321 e. The van der Waals surface area contributed by atoms with Gasteiger partial charge in [0.1, 0.15) is 4.88 Å². The average Bonchev–Trinajstić information content (AvgIpc) is 2.86. The summed E-state index contributed by atoms with van der Waals surface area (Å²) in [4.78, 5) is 12.6. The van der Waals surface area contributed by atoms with Crippen LogP contribution in [0.2, 0.25) is 10.0 Å². The molecular formula is C16H8Cl2F3NOS. The number of nitrogens with one attached hydrogen (secondary N) is 1. The minimum atomic E-state index is -4.60. The first-order chi connectivity index (χ1) is 11.3. The molecule has 1 N–H and O–H groups in total. The molecule has 124 valence electrons. The first kappa shape index (κ1) is 17.1. The number of hydrogen-bond donors (Lipinski definition) is 1. The van der Waals surface area contributed by atoms with Crippen molar-refractivity contribution in [2.45, 2.75) is 6.18 Å². The highest BCUT2D eigenvalue weighted by atomic mass is 35.5. The van der Waals surface area contributed by atoms with Crippen LogP contribution in [0.4, 0.5) is 18.9 Å². The Hall–Kier alpha value is -1.76. The number of thiophene rings is 1. The summed E-state index contributed by atoms with van der Waals surface area (Å²) < 4.78 is 39.4. The summed E-state index contributed by atoms with van der Waals surface area (Å²) in [6, 6.07) is 10.4. The standard InChI is InChI=1S/C16H8Cl2F3NOS/c17-11-6-5-8(7-10(11)16(19,20)21)22-15(23)14-13(18)9-3-1-2-4-12(9)24-14/h1-7H,(H,22,23). The van der Waals surface area contributed by atoms with Crippen LogP contribution in [-0.2, 0) is 6.18 Å². The van der Waals surface area contributed by atoms with Gasteiger partial charge in [-0.3, -0.25) is 4.79 Å². The lowest BCUT2D eigenvalue weighted by Crippen LogP contribution is -2.12. The van der Waals surface area contributed by atoms with Gasteiger partial charge >= 0.3 is 6.18 Å². The van der Waals surface area contributed by atoms with Crippen molar-refractivity contribution in [1.82, 2.24) is 0 Å². The van der Waals surface area contributed by atoms with Crippen LogP contribution in [0.3, 0.4) is 0 Å². The van der Waals surface area contributed by atoms with E-state index in [1.54, 1.807) is 12.1 Å². The Balaban J connectivity index is 1.93. The van der Waals surface area contributed by atoms with Gasteiger partial charge in [-0.15, -0.1) is 11.3 Å². The zero-order valence-electron chi connectivity index (χ0n) is 11.7. The minimum absolute atomic E-state index is 0.00903. The van der Waals surface area contributed by atoms with Crippen LogP contribution in [0.1, 0.15) is 15.2 Å². The van der Waals surface area contributed by atoms with Crippen molar-refractivity contribution in [1.29, 1.82) is 0 Å². The number of alkyl halides is 3. The van der Waals surface area contributed by atoms with Gasteiger partial charge in [0.2, 0.25) is 0 Å². The lowest BCUT2D eigenvalue weighted by atomic mass is 10.2. The van der Waals surface area contributed by atoms with Crippen molar-refractivity contribution in [2.75, 3.05) is 5.32 Å². The van der Waals surface area contributed by atoms with Crippen LogP contribution in [0.5, 0.6) is 0 Å². The molecular weight excluding hydrogens is 382 g/mol. The zero-order valence-corrected chi connectivity index (χ0v) is 14.1. The van der Waals surface area contributed by atoms with Gasteiger partial charge in [0.25, 0.3) is 5.91 Å². The number of fused-ring (bicyclic) bond motifs is 1. The van der Waals surface area contributed by atoms with E-state index in [9.17, 15) is 18.0 Å². The fourth-order valence-corrected chi connectivity index (χ4v) is 3.81. The highest BCUT2D eigenvalue weighted by molar-refractivity contribution is 7.21. The molecule has 0 unspecified atom stereocenters. The lowest BCUT2D eigenvalue weighted by molar-refractivity contribution is -0.137. The van der Waals surface area contributed by atoms with Crippen molar-refractivity contribution in [3.05, 3.63) is 63.0 Å². The second kappa shape index (κ2) is 6.27. The molecule has 3 aromatic rings. The first-order valence-electron chi connectivity index (χ1n) is 6.62. The third kappa shape index (κ3) is 3.22. The number of carbonyl (C=O) groups is 1. The van der Waals surface area contributed by atoms with Crippen molar-refractivity contribution in [3.8, 4) is 0 Å². The van der Waals surface area contributed by atoms with Crippen LogP contribution >= 0.6 is 34.5 Å². The largest absolute Gasteiger partial charge is 0.417 e. The molecule has 0 bridgehead atoms. The lowest BCUT2D eigenvalue weighted by Gasteiger charge is -2.11. The van der Waals surface area contributed by atoms with Gasteiger partial charge in [0.15, 0.2) is 0 Å². The van der Waals surface area contributed by atoms with Crippen LogP contribution in [0, 0.1) is 0 Å².